The first-order valence-electron chi connectivity index (χ1n) is 7.91. The average molecular weight is 309 g/mol. The Morgan fingerprint density at radius 1 is 1.22 bits per heavy atom. The van der Waals surface area contributed by atoms with Gasteiger partial charge in [0, 0.05) is 24.3 Å². The predicted molar refractivity (Wildman–Crippen MR) is 88.8 cm³/mol. The van der Waals surface area contributed by atoms with E-state index >= 15 is 0 Å². The van der Waals surface area contributed by atoms with Crippen molar-refractivity contribution in [2.45, 2.75) is 25.2 Å². The fourth-order valence-corrected chi connectivity index (χ4v) is 3.67. The van der Waals surface area contributed by atoms with Crippen molar-refractivity contribution in [1.82, 2.24) is 4.98 Å². The zero-order valence-electron chi connectivity index (χ0n) is 13.0. The second-order valence-electron chi connectivity index (χ2n) is 6.45. The third-order valence-electron chi connectivity index (χ3n) is 5.07. The van der Waals surface area contributed by atoms with Crippen LogP contribution in [0.3, 0.4) is 0 Å². The van der Waals surface area contributed by atoms with E-state index in [9.17, 15) is 9.90 Å². The van der Waals surface area contributed by atoms with Gasteiger partial charge < -0.3 is 15.3 Å². The third kappa shape index (κ3) is 2.15. The molecule has 0 unspecified atom stereocenters. The van der Waals surface area contributed by atoms with Gasteiger partial charge in [0.1, 0.15) is 11.6 Å². The molecule has 23 heavy (non-hydrogen) atoms. The number of hydrogen-bond donors (Lipinski definition) is 2. The molecule has 1 amide bonds. The molecule has 1 fully saturated rings. The Balaban J connectivity index is 1.61. The van der Waals surface area contributed by atoms with Crippen LogP contribution in [-0.4, -0.2) is 29.1 Å². The van der Waals surface area contributed by atoms with Crippen molar-refractivity contribution in [3.05, 3.63) is 47.7 Å². The molecular weight excluding hydrogens is 290 g/mol. The van der Waals surface area contributed by atoms with Crippen molar-refractivity contribution < 1.29 is 9.90 Å². The summed E-state index contributed by atoms with van der Waals surface area (Å²) >= 11 is 0. The Bertz CT molecular complexity index is 762. The summed E-state index contributed by atoms with van der Waals surface area (Å²) in [6, 6.07) is 10.2. The Morgan fingerprint density at radius 3 is 2.61 bits per heavy atom. The van der Waals surface area contributed by atoms with Gasteiger partial charge in [0.05, 0.1) is 11.6 Å². The lowest BCUT2D eigenvalue weighted by Crippen LogP contribution is -2.46. The number of aryl methyl sites for hydroxylation is 1. The molecule has 2 aromatic rings. The molecule has 2 aliphatic rings. The number of fused-ring (bicyclic) bond motifs is 2. The number of nitrogens with zero attached hydrogens (tertiary/aromatic N) is 2. The second-order valence-corrected chi connectivity index (χ2v) is 6.45. The maximum atomic E-state index is 12.6. The number of nitrogens with one attached hydrogen (secondary N) is 1. The largest absolute Gasteiger partial charge is 0.506 e. The standard InChI is InChI=1S/C18H19N3O2/c1-12-2-4-13(5-3-12)21-8-6-18(7-9-21)15-10-14(22)11-19-16(15)20-17(18)23/h2-5,10-11,22H,6-9H2,1H3,(H,19,20,23). The van der Waals surface area contributed by atoms with Crippen LogP contribution in [0.4, 0.5) is 11.5 Å². The average Bonchev–Trinajstić information content (AvgIpc) is 2.81. The van der Waals surface area contributed by atoms with Crippen molar-refractivity contribution in [3.63, 3.8) is 0 Å². The van der Waals surface area contributed by atoms with Gasteiger partial charge in [-0.3, -0.25) is 4.79 Å². The number of piperidine rings is 1. The van der Waals surface area contributed by atoms with Crippen molar-refractivity contribution in [2.75, 3.05) is 23.3 Å². The molecule has 2 N–H and O–H groups in total. The lowest BCUT2D eigenvalue weighted by molar-refractivity contribution is -0.121. The van der Waals surface area contributed by atoms with Crippen molar-refractivity contribution in [2.24, 2.45) is 0 Å². The first kappa shape index (κ1) is 14.1. The van der Waals surface area contributed by atoms with Gasteiger partial charge in [-0.15, -0.1) is 0 Å². The van der Waals surface area contributed by atoms with Gasteiger partial charge in [0.15, 0.2) is 0 Å². The number of anilines is 2. The van der Waals surface area contributed by atoms with E-state index in [-0.39, 0.29) is 11.7 Å². The first-order chi connectivity index (χ1) is 11.1. The summed E-state index contributed by atoms with van der Waals surface area (Å²) in [4.78, 5) is 19.0. The van der Waals surface area contributed by atoms with E-state index in [1.54, 1.807) is 6.07 Å². The van der Waals surface area contributed by atoms with E-state index < -0.39 is 5.41 Å². The van der Waals surface area contributed by atoms with Crippen LogP contribution in [0.5, 0.6) is 5.75 Å². The third-order valence-corrected chi connectivity index (χ3v) is 5.07. The molecule has 5 heteroatoms. The fraction of sp³-hybridized carbons (Fsp3) is 0.333. The Kier molecular flexibility index (Phi) is 3.04. The van der Waals surface area contributed by atoms with Gasteiger partial charge in [0.25, 0.3) is 0 Å². The lowest BCUT2D eigenvalue weighted by atomic mass is 9.74. The van der Waals surface area contributed by atoms with Gasteiger partial charge in [-0.2, -0.15) is 0 Å². The molecule has 118 valence electrons. The van der Waals surface area contributed by atoms with Gasteiger partial charge >= 0.3 is 0 Å². The number of pyridine rings is 1. The molecule has 3 heterocycles. The number of hydrogen-bond acceptors (Lipinski definition) is 4. The number of benzene rings is 1. The SMILES string of the molecule is Cc1ccc(N2CCC3(CC2)C(=O)Nc2ncc(O)cc23)cc1. The molecule has 1 aromatic carbocycles. The molecule has 0 atom stereocenters. The van der Waals surface area contributed by atoms with Crippen LogP contribution in [0.2, 0.25) is 0 Å². The molecule has 1 spiro atoms. The molecular formula is C18H19N3O2. The minimum atomic E-state index is -0.553. The van der Waals surface area contributed by atoms with Crippen LogP contribution in [0.1, 0.15) is 24.0 Å². The Morgan fingerprint density at radius 2 is 1.91 bits per heavy atom. The van der Waals surface area contributed by atoms with Gasteiger partial charge in [-0.05, 0) is 38.0 Å². The maximum Gasteiger partial charge on any atom is 0.236 e. The molecule has 0 saturated carbocycles. The van der Waals surface area contributed by atoms with Crippen LogP contribution in [0, 0.1) is 6.92 Å². The number of aromatic nitrogens is 1. The molecule has 2 aliphatic heterocycles. The summed E-state index contributed by atoms with van der Waals surface area (Å²) in [5, 5.41) is 12.6. The van der Waals surface area contributed by atoms with E-state index in [0.29, 0.717) is 5.82 Å². The Labute approximate surface area is 135 Å². The minimum Gasteiger partial charge on any atom is -0.506 e. The van der Waals surface area contributed by atoms with Crippen molar-refractivity contribution in [3.8, 4) is 5.75 Å². The molecule has 4 rings (SSSR count). The second kappa shape index (κ2) is 4.98. The highest BCUT2D eigenvalue weighted by atomic mass is 16.3. The van der Waals surface area contributed by atoms with E-state index in [1.807, 2.05) is 0 Å². The minimum absolute atomic E-state index is 0.00848. The van der Waals surface area contributed by atoms with E-state index in [1.165, 1.54) is 17.4 Å². The summed E-state index contributed by atoms with van der Waals surface area (Å²) in [5.74, 6) is 0.714. The summed E-state index contributed by atoms with van der Waals surface area (Å²) in [7, 11) is 0. The zero-order valence-corrected chi connectivity index (χ0v) is 13.0. The molecule has 5 nitrogen and oxygen atoms in total. The van der Waals surface area contributed by atoms with Gasteiger partial charge in [-0.25, -0.2) is 4.98 Å². The van der Waals surface area contributed by atoms with Crippen LogP contribution >= 0.6 is 0 Å². The van der Waals surface area contributed by atoms with Crippen LogP contribution in [-0.2, 0) is 10.2 Å². The van der Waals surface area contributed by atoms with Crippen molar-refractivity contribution >= 4 is 17.4 Å². The first-order valence-corrected chi connectivity index (χ1v) is 7.91. The molecule has 1 saturated heterocycles. The van der Waals surface area contributed by atoms with Gasteiger partial charge in [0.2, 0.25) is 5.91 Å². The summed E-state index contributed by atoms with van der Waals surface area (Å²) < 4.78 is 0. The number of rotatable bonds is 1. The topological polar surface area (TPSA) is 65.5 Å². The van der Waals surface area contributed by atoms with E-state index in [0.717, 1.165) is 31.5 Å². The van der Waals surface area contributed by atoms with Crippen LogP contribution in [0.15, 0.2) is 36.5 Å². The number of carbonyl (C=O) groups excluding carboxylic acids is 1. The fourth-order valence-electron chi connectivity index (χ4n) is 3.67. The van der Waals surface area contributed by atoms with Gasteiger partial charge in [-0.1, -0.05) is 17.7 Å². The molecule has 0 radical (unpaired) electrons. The van der Waals surface area contributed by atoms with E-state index in [4.69, 9.17) is 0 Å². The monoisotopic (exact) mass is 309 g/mol. The molecule has 0 aliphatic carbocycles. The Hall–Kier alpha value is -2.56. The summed E-state index contributed by atoms with van der Waals surface area (Å²) in [5.41, 5.74) is 2.72. The van der Waals surface area contributed by atoms with Crippen LogP contribution in [0.25, 0.3) is 0 Å². The highest BCUT2D eigenvalue weighted by Gasteiger charge is 2.49. The molecule has 0 bridgehead atoms. The quantitative estimate of drug-likeness (QED) is 0.850. The predicted octanol–water partition coefficient (Wildman–Crippen LogP) is 2.59. The maximum absolute atomic E-state index is 12.6. The summed E-state index contributed by atoms with van der Waals surface area (Å²) in [6.07, 6.45) is 2.83. The van der Waals surface area contributed by atoms with E-state index in [2.05, 4.69) is 46.4 Å². The summed E-state index contributed by atoms with van der Waals surface area (Å²) in [6.45, 7) is 3.70. The highest BCUT2D eigenvalue weighted by Crippen LogP contribution is 2.45. The number of carbonyl (C=O) groups is 1. The molecule has 1 aromatic heterocycles. The van der Waals surface area contributed by atoms with Crippen molar-refractivity contribution in [1.29, 1.82) is 0 Å². The smallest absolute Gasteiger partial charge is 0.236 e. The number of aromatic hydroxyl groups is 1. The zero-order chi connectivity index (χ0) is 16.0. The highest BCUT2D eigenvalue weighted by molar-refractivity contribution is 6.05. The normalized spacial score (nSPS) is 18.8. The number of amides is 1. The lowest BCUT2D eigenvalue weighted by Gasteiger charge is -2.39. The van der Waals surface area contributed by atoms with Crippen LogP contribution < -0.4 is 10.2 Å².